The van der Waals surface area contributed by atoms with Crippen LogP contribution < -0.4 is 5.32 Å². The highest BCUT2D eigenvalue weighted by molar-refractivity contribution is 7.99. The van der Waals surface area contributed by atoms with Crippen molar-refractivity contribution >= 4 is 41.2 Å². The highest BCUT2D eigenvalue weighted by atomic mass is 32.2. The fourth-order valence-electron chi connectivity index (χ4n) is 4.24. The van der Waals surface area contributed by atoms with Crippen LogP contribution in [0.2, 0.25) is 0 Å². The number of morpholine rings is 1. The van der Waals surface area contributed by atoms with Gasteiger partial charge in [0, 0.05) is 30.1 Å². The topological polar surface area (TPSA) is 83.1 Å². The standard InChI is InChI=1S/C21H29N5O2S2/c27-19(15-30-20-23-18(24-25-20)7-6-17-5-4-14-29-17)22-16-21(8-2-1-3-9-21)26-10-12-28-13-11-26/h4-7,14H,1-3,8-13,15-16H2,(H,22,27)(H,23,24,25)/b7-6+. The summed E-state index contributed by atoms with van der Waals surface area (Å²) in [7, 11) is 0. The van der Waals surface area contributed by atoms with Crippen LogP contribution in [-0.4, -0.2) is 70.1 Å². The molecule has 4 rings (SSSR count). The molecule has 0 unspecified atom stereocenters. The first-order valence-corrected chi connectivity index (χ1v) is 12.5. The Morgan fingerprint density at radius 2 is 2.13 bits per heavy atom. The van der Waals surface area contributed by atoms with Gasteiger partial charge in [-0.1, -0.05) is 37.1 Å². The number of carbonyl (C=O) groups excluding carboxylic acids is 1. The predicted molar refractivity (Wildman–Crippen MR) is 122 cm³/mol. The fourth-order valence-corrected chi connectivity index (χ4v) is 5.49. The average Bonchev–Trinajstić information content (AvgIpc) is 3.48. The third-order valence-corrected chi connectivity index (χ3v) is 7.53. The number of rotatable bonds is 8. The molecule has 1 saturated carbocycles. The van der Waals surface area contributed by atoms with Crippen molar-refractivity contribution in [2.45, 2.75) is 42.8 Å². The molecular weight excluding hydrogens is 418 g/mol. The second kappa shape index (κ2) is 10.6. The third-order valence-electron chi connectivity index (χ3n) is 5.84. The van der Waals surface area contributed by atoms with Crippen LogP contribution in [0.15, 0.2) is 22.7 Å². The molecule has 1 amide bonds. The predicted octanol–water partition coefficient (Wildman–Crippen LogP) is 3.28. The van der Waals surface area contributed by atoms with E-state index in [1.54, 1.807) is 11.3 Å². The van der Waals surface area contributed by atoms with Crippen molar-refractivity contribution in [2.24, 2.45) is 0 Å². The number of hydrogen-bond acceptors (Lipinski definition) is 7. The first-order chi connectivity index (χ1) is 14.7. The molecule has 0 radical (unpaired) electrons. The molecule has 0 atom stereocenters. The Balaban J connectivity index is 1.26. The first-order valence-electron chi connectivity index (χ1n) is 10.6. The van der Waals surface area contributed by atoms with Gasteiger partial charge in [0.25, 0.3) is 0 Å². The average molecular weight is 448 g/mol. The van der Waals surface area contributed by atoms with Crippen molar-refractivity contribution < 1.29 is 9.53 Å². The van der Waals surface area contributed by atoms with Gasteiger partial charge >= 0.3 is 0 Å². The zero-order chi connectivity index (χ0) is 20.7. The van der Waals surface area contributed by atoms with E-state index in [1.807, 2.05) is 29.7 Å². The van der Waals surface area contributed by atoms with Crippen LogP contribution in [0.25, 0.3) is 12.2 Å². The highest BCUT2D eigenvalue weighted by Crippen LogP contribution is 2.34. The van der Waals surface area contributed by atoms with E-state index >= 15 is 0 Å². The number of aromatic nitrogens is 3. The molecule has 0 spiro atoms. The second-order valence-electron chi connectivity index (χ2n) is 7.80. The van der Waals surface area contributed by atoms with E-state index in [0.29, 0.717) is 16.7 Å². The molecule has 2 aromatic heterocycles. The molecule has 1 saturated heterocycles. The summed E-state index contributed by atoms with van der Waals surface area (Å²) in [5, 5.41) is 12.9. The van der Waals surface area contributed by atoms with Gasteiger partial charge in [-0.25, -0.2) is 4.98 Å². The Morgan fingerprint density at radius 1 is 1.30 bits per heavy atom. The Labute approximate surface area is 185 Å². The lowest BCUT2D eigenvalue weighted by molar-refractivity contribution is -0.119. The Hall–Kier alpha value is -1.68. The maximum atomic E-state index is 12.5. The summed E-state index contributed by atoms with van der Waals surface area (Å²) in [5.41, 5.74) is 0.0900. The van der Waals surface area contributed by atoms with E-state index in [1.165, 1.54) is 31.0 Å². The minimum absolute atomic E-state index is 0.0404. The summed E-state index contributed by atoms with van der Waals surface area (Å²) in [6, 6.07) is 4.06. The number of nitrogens with one attached hydrogen (secondary N) is 2. The Kier molecular flexibility index (Phi) is 7.59. The van der Waals surface area contributed by atoms with E-state index in [9.17, 15) is 4.79 Å². The zero-order valence-corrected chi connectivity index (χ0v) is 18.8. The minimum atomic E-state index is 0.0404. The van der Waals surface area contributed by atoms with Crippen LogP contribution in [-0.2, 0) is 9.53 Å². The van der Waals surface area contributed by atoms with Gasteiger partial charge in [-0.2, -0.15) is 0 Å². The zero-order valence-electron chi connectivity index (χ0n) is 17.1. The highest BCUT2D eigenvalue weighted by Gasteiger charge is 2.38. The van der Waals surface area contributed by atoms with Gasteiger partial charge in [0.15, 0.2) is 0 Å². The molecule has 162 valence electrons. The number of hydrogen-bond donors (Lipinski definition) is 2. The summed E-state index contributed by atoms with van der Waals surface area (Å²) in [6.45, 7) is 4.22. The fraction of sp³-hybridized carbons (Fsp3) is 0.571. The number of carbonyl (C=O) groups is 1. The van der Waals surface area contributed by atoms with Crippen LogP contribution in [0.3, 0.4) is 0 Å². The van der Waals surface area contributed by atoms with Crippen LogP contribution in [0.1, 0.15) is 42.8 Å². The van der Waals surface area contributed by atoms with E-state index in [2.05, 4.69) is 25.4 Å². The number of amides is 1. The van der Waals surface area contributed by atoms with Crippen molar-refractivity contribution in [1.29, 1.82) is 0 Å². The van der Waals surface area contributed by atoms with Crippen molar-refractivity contribution in [3.05, 3.63) is 28.2 Å². The molecule has 2 N–H and O–H groups in total. The molecule has 1 aliphatic carbocycles. The third kappa shape index (κ3) is 5.72. The summed E-state index contributed by atoms with van der Waals surface area (Å²) < 4.78 is 5.54. The van der Waals surface area contributed by atoms with Crippen LogP contribution in [0.4, 0.5) is 0 Å². The maximum Gasteiger partial charge on any atom is 0.230 e. The molecule has 7 nitrogen and oxygen atoms in total. The van der Waals surface area contributed by atoms with Gasteiger partial charge in [-0.05, 0) is 36.4 Å². The SMILES string of the molecule is O=C(CSc1n[nH]c(/C=C/c2cccs2)n1)NCC1(N2CCOCC2)CCCCC1. The second-order valence-corrected chi connectivity index (χ2v) is 9.72. The lowest BCUT2D eigenvalue weighted by Crippen LogP contribution is -2.59. The summed E-state index contributed by atoms with van der Waals surface area (Å²) in [5.74, 6) is 1.06. The van der Waals surface area contributed by atoms with E-state index in [4.69, 9.17) is 4.74 Å². The van der Waals surface area contributed by atoms with Crippen LogP contribution in [0.5, 0.6) is 0 Å². The summed E-state index contributed by atoms with van der Waals surface area (Å²) in [4.78, 5) is 20.7. The molecular formula is C21H29N5O2S2. The molecule has 9 heteroatoms. The number of nitrogens with zero attached hydrogens (tertiary/aromatic N) is 3. The van der Waals surface area contributed by atoms with Gasteiger partial charge in [-0.15, -0.1) is 16.4 Å². The lowest BCUT2D eigenvalue weighted by Gasteiger charge is -2.48. The van der Waals surface area contributed by atoms with Crippen molar-refractivity contribution in [1.82, 2.24) is 25.4 Å². The van der Waals surface area contributed by atoms with Gasteiger partial charge in [0.2, 0.25) is 11.1 Å². The molecule has 0 aromatic carbocycles. The Bertz CT molecular complexity index is 824. The quantitative estimate of drug-likeness (QED) is 0.605. The van der Waals surface area contributed by atoms with E-state index < -0.39 is 0 Å². The molecule has 2 fully saturated rings. The van der Waals surface area contributed by atoms with Crippen molar-refractivity contribution in [2.75, 3.05) is 38.6 Å². The van der Waals surface area contributed by atoms with Gasteiger partial charge in [-0.3, -0.25) is 14.8 Å². The normalized spacial score (nSPS) is 19.9. The number of ether oxygens (including phenoxy) is 1. The molecule has 2 aliphatic rings. The smallest absolute Gasteiger partial charge is 0.230 e. The summed E-state index contributed by atoms with van der Waals surface area (Å²) in [6.07, 6.45) is 9.98. The lowest BCUT2D eigenvalue weighted by atomic mass is 9.79. The van der Waals surface area contributed by atoms with Crippen LogP contribution >= 0.6 is 23.1 Å². The minimum Gasteiger partial charge on any atom is -0.379 e. The Morgan fingerprint density at radius 3 is 2.90 bits per heavy atom. The molecule has 30 heavy (non-hydrogen) atoms. The largest absolute Gasteiger partial charge is 0.379 e. The van der Waals surface area contributed by atoms with E-state index in [0.717, 1.165) is 50.6 Å². The molecule has 1 aliphatic heterocycles. The first kappa shape index (κ1) is 21.5. The number of aromatic amines is 1. The summed E-state index contributed by atoms with van der Waals surface area (Å²) >= 11 is 3.04. The monoisotopic (exact) mass is 447 g/mol. The maximum absolute atomic E-state index is 12.5. The van der Waals surface area contributed by atoms with Gasteiger partial charge < -0.3 is 10.1 Å². The molecule has 2 aromatic rings. The number of H-pyrrole nitrogens is 1. The number of thiophene rings is 1. The van der Waals surface area contributed by atoms with Crippen molar-refractivity contribution in [3.8, 4) is 0 Å². The molecule has 0 bridgehead atoms. The molecule has 3 heterocycles. The van der Waals surface area contributed by atoms with Crippen molar-refractivity contribution in [3.63, 3.8) is 0 Å². The van der Waals surface area contributed by atoms with Gasteiger partial charge in [0.05, 0.1) is 19.0 Å². The van der Waals surface area contributed by atoms with Gasteiger partial charge in [0.1, 0.15) is 5.82 Å². The van der Waals surface area contributed by atoms with E-state index in [-0.39, 0.29) is 11.4 Å². The van der Waals surface area contributed by atoms with Crippen LogP contribution in [0, 0.1) is 0 Å². The number of thioether (sulfide) groups is 1.